The Balaban J connectivity index is 5.26. The Morgan fingerprint density at radius 2 is 0.545 bits per heavy atom. The highest BCUT2D eigenvalue weighted by Gasteiger charge is 2.30. The third-order valence-corrected chi connectivity index (χ3v) is 18.4. The first-order valence-corrected chi connectivity index (χ1v) is 38.8. The van der Waals surface area contributed by atoms with Crippen LogP contribution in [0.3, 0.4) is 0 Å². The molecule has 522 valence electrons. The van der Waals surface area contributed by atoms with Crippen molar-refractivity contribution in [1.82, 2.24) is 0 Å². The number of hydrogen-bond acceptors (Lipinski definition) is 15. The highest BCUT2D eigenvalue weighted by Crippen LogP contribution is 2.45. The zero-order valence-corrected chi connectivity index (χ0v) is 59.1. The van der Waals surface area contributed by atoms with Gasteiger partial charge in [-0.3, -0.25) is 37.3 Å². The molecule has 0 fully saturated rings. The maximum atomic E-state index is 13.0. The standard InChI is InChI=1S/C69H134O17P2/c1-9-61(7)47-39-31-25-27-34-42-50-67(72)80-56-65(86-69(74)52-44-36-28-26-32-40-48-62(8)10-2)58-84-88(77,78)82-54-63(70)53-81-87(75,76)83-57-64(55-79-66(71)49-41-33-23-19-16-15-18-22-30-38-46-60(5)6)85-68(73)51-43-35-24-20-14-12-11-13-17-21-29-37-45-59(3)4/h59-65,70H,9-58H2,1-8H3,(H,75,76)(H,77,78)/t61?,62?,63-,64-,65-/m1/s1. The molecule has 0 aromatic carbocycles. The molecule has 3 N–H and O–H groups in total. The lowest BCUT2D eigenvalue weighted by Crippen LogP contribution is -2.30. The number of rotatable bonds is 66. The van der Waals surface area contributed by atoms with Gasteiger partial charge < -0.3 is 33.8 Å². The van der Waals surface area contributed by atoms with E-state index < -0.39 is 97.5 Å². The van der Waals surface area contributed by atoms with Gasteiger partial charge in [0.2, 0.25) is 0 Å². The Morgan fingerprint density at radius 1 is 0.318 bits per heavy atom. The van der Waals surface area contributed by atoms with Crippen LogP contribution in [-0.4, -0.2) is 96.7 Å². The van der Waals surface area contributed by atoms with Crippen LogP contribution in [0.25, 0.3) is 0 Å². The van der Waals surface area contributed by atoms with Gasteiger partial charge in [-0.05, 0) is 49.4 Å². The third-order valence-electron chi connectivity index (χ3n) is 16.5. The molecule has 4 unspecified atom stereocenters. The highest BCUT2D eigenvalue weighted by molar-refractivity contribution is 7.47. The molecule has 0 amide bonds. The first kappa shape index (κ1) is 86.1. The quantitative estimate of drug-likeness (QED) is 0.0222. The van der Waals surface area contributed by atoms with E-state index in [0.29, 0.717) is 25.7 Å². The van der Waals surface area contributed by atoms with Gasteiger partial charge in [-0.25, -0.2) is 9.13 Å². The molecule has 17 nitrogen and oxygen atoms in total. The normalized spacial score (nSPS) is 14.9. The fraction of sp³-hybridized carbons (Fsp3) is 0.942. The summed E-state index contributed by atoms with van der Waals surface area (Å²) in [4.78, 5) is 72.5. The van der Waals surface area contributed by atoms with Crippen LogP contribution >= 0.6 is 15.6 Å². The first-order chi connectivity index (χ1) is 42.2. The minimum atomic E-state index is -4.95. The molecular formula is C69H134O17P2. The van der Waals surface area contributed by atoms with E-state index in [1.807, 2.05) is 0 Å². The van der Waals surface area contributed by atoms with E-state index in [1.54, 1.807) is 0 Å². The second kappa shape index (κ2) is 58.8. The number of unbranched alkanes of at least 4 members (excludes halogenated alkanes) is 30. The SMILES string of the molecule is CCC(C)CCCCCCCCC(=O)OC[C@H](COP(=O)(O)OC[C@H](O)COP(=O)(O)OC[C@@H](COC(=O)CCCCCCCCCCCCC(C)C)OC(=O)CCCCCCCCCCCCCCC(C)C)OC(=O)CCCCCCCCC(C)CC. The van der Waals surface area contributed by atoms with Crippen molar-refractivity contribution >= 4 is 39.5 Å². The zero-order chi connectivity index (χ0) is 65.4. The summed E-state index contributed by atoms with van der Waals surface area (Å²) in [6, 6.07) is 0. The van der Waals surface area contributed by atoms with E-state index in [9.17, 15) is 43.2 Å². The molecule has 19 heteroatoms. The van der Waals surface area contributed by atoms with Crippen molar-refractivity contribution in [3.63, 3.8) is 0 Å². The van der Waals surface area contributed by atoms with Gasteiger partial charge in [0.05, 0.1) is 26.4 Å². The topological polar surface area (TPSA) is 237 Å². The smallest absolute Gasteiger partial charge is 0.462 e. The summed E-state index contributed by atoms with van der Waals surface area (Å²) >= 11 is 0. The van der Waals surface area contributed by atoms with Crippen molar-refractivity contribution in [3.8, 4) is 0 Å². The number of carbonyl (C=O) groups is 4. The van der Waals surface area contributed by atoms with Crippen molar-refractivity contribution < 1.29 is 80.2 Å². The Kier molecular flexibility index (Phi) is 57.6. The van der Waals surface area contributed by atoms with Crippen molar-refractivity contribution in [1.29, 1.82) is 0 Å². The molecule has 0 bridgehead atoms. The number of hydrogen-bond donors (Lipinski definition) is 3. The van der Waals surface area contributed by atoms with Gasteiger partial charge in [0.15, 0.2) is 12.2 Å². The van der Waals surface area contributed by atoms with E-state index in [-0.39, 0.29) is 25.7 Å². The molecule has 0 radical (unpaired) electrons. The number of phosphoric ester groups is 2. The molecule has 0 heterocycles. The monoisotopic (exact) mass is 1300 g/mol. The van der Waals surface area contributed by atoms with Crippen LogP contribution < -0.4 is 0 Å². The molecule has 0 aliphatic carbocycles. The Morgan fingerprint density at radius 3 is 0.807 bits per heavy atom. The van der Waals surface area contributed by atoms with Crippen molar-refractivity contribution in [2.75, 3.05) is 39.6 Å². The fourth-order valence-corrected chi connectivity index (χ4v) is 11.8. The van der Waals surface area contributed by atoms with Crippen molar-refractivity contribution in [3.05, 3.63) is 0 Å². The number of aliphatic hydroxyl groups excluding tert-OH is 1. The van der Waals surface area contributed by atoms with Crippen LogP contribution in [0.2, 0.25) is 0 Å². The fourth-order valence-electron chi connectivity index (χ4n) is 10.2. The highest BCUT2D eigenvalue weighted by atomic mass is 31.2. The summed E-state index contributed by atoms with van der Waals surface area (Å²) in [7, 11) is -9.90. The Bertz CT molecular complexity index is 1750. The molecule has 0 aliphatic rings. The van der Waals surface area contributed by atoms with Crippen LogP contribution in [0.4, 0.5) is 0 Å². The van der Waals surface area contributed by atoms with Gasteiger partial charge in [0.1, 0.15) is 19.3 Å². The first-order valence-electron chi connectivity index (χ1n) is 35.8. The lowest BCUT2D eigenvalue weighted by atomic mass is 10.00. The van der Waals surface area contributed by atoms with Gasteiger partial charge in [0.25, 0.3) is 0 Å². The van der Waals surface area contributed by atoms with E-state index in [2.05, 4.69) is 55.4 Å². The summed E-state index contributed by atoms with van der Waals surface area (Å²) in [6.45, 7) is 14.1. The van der Waals surface area contributed by atoms with E-state index >= 15 is 0 Å². The van der Waals surface area contributed by atoms with Gasteiger partial charge in [0, 0.05) is 25.7 Å². The number of aliphatic hydroxyl groups is 1. The van der Waals surface area contributed by atoms with Gasteiger partial charge in [-0.2, -0.15) is 0 Å². The summed E-state index contributed by atoms with van der Waals surface area (Å²) in [5.41, 5.74) is 0. The predicted octanol–water partition coefficient (Wildman–Crippen LogP) is 19.3. The summed E-state index contributed by atoms with van der Waals surface area (Å²) in [5.74, 6) is 0.852. The van der Waals surface area contributed by atoms with E-state index in [4.69, 9.17) is 37.0 Å². The molecule has 7 atom stereocenters. The molecule has 0 aromatic heterocycles. The minimum Gasteiger partial charge on any atom is -0.462 e. The summed E-state index contributed by atoms with van der Waals surface area (Å²) < 4.78 is 68.2. The van der Waals surface area contributed by atoms with E-state index in [0.717, 1.165) is 120 Å². The number of carbonyl (C=O) groups excluding carboxylic acids is 4. The molecule has 0 spiro atoms. The molecule has 0 rings (SSSR count). The number of esters is 4. The molecule has 88 heavy (non-hydrogen) atoms. The van der Waals surface area contributed by atoms with Gasteiger partial charge in [-0.15, -0.1) is 0 Å². The largest absolute Gasteiger partial charge is 0.472 e. The average molecular weight is 1300 g/mol. The lowest BCUT2D eigenvalue weighted by Gasteiger charge is -2.21. The summed E-state index contributed by atoms with van der Waals surface area (Å²) in [6.07, 6.45) is 40.3. The zero-order valence-electron chi connectivity index (χ0n) is 57.3. The number of phosphoric acid groups is 2. The predicted molar refractivity (Wildman–Crippen MR) is 354 cm³/mol. The molecular weight excluding hydrogens is 1160 g/mol. The maximum absolute atomic E-state index is 13.0. The second-order valence-corrected chi connectivity index (χ2v) is 29.3. The lowest BCUT2D eigenvalue weighted by molar-refractivity contribution is -0.161. The Hall–Kier alpha value is -1.94. The van der Waals surface area contributed by atoms with Crippen LogP contribution in [0.1, 0.15) is 338 Å². The van der Waals surface area contributed by atoms with Crippen molar-refractivity contribution in [2.24, 2.45) is 23.7 Å². The van der Waals surface area contributed by atoms with Crippen LogP contribution in [-0.2, 0) is 65.4 Å². The van der Waals surface area contributed by atoms with Crippen LogP contribution in [0, 0.1) is 23.7 Å². The van der Waals surface area contributed by atoms with Crippen molar-refractivity contribution in [2.45, 2.75) is 356 Å². The summed E-state index contributed by atoms with van der Waals surface area (Å²) in [5, 5.41) is 10.6. The molecule has 0 aliphatic heterocycles. The van der Waals surface area contributed by atoms with Crippen LogP contribution in [0.5, 0.6) is 0 Å². The van der Waals surface area contributed by atoms with Gasteiger partial charge in [-0.1, -0.05) is 287 Å². The van der Waals surface area contributed by atoms with E-state index in [1.165, 1.54) is 135 Å². The number of ether oxygens (including phenoxy) is 4. The minimum absolute atomic E-state index is 0.102. The Labute approximate surface area is 537 Å². The third kappa shape index (κ3) is 60.3. The van der Waals surface area contributed by atoms with Gasteiger partial charge >= 0.3 is 39.5 Å². The second-order valence-electron chi connectivity index (χ2n) is 26.4. The van der Waals surface area contributed by atoms with Crippen LogP contribution in [0.15, 0.2) is 0 Å². The molecule has 0 saturated carbocycles. The maximum Gasteiger partial charge on any atom is 0.472 e. The average Bonchev–Trinajstić information content (AvgIpc) is 3.65. The molecule has 0 saturated heterocycles. The molecule has 0 aromatic rings.